The molecule has 2 heteroatoms. The molecule has 2 heterocycles. The summed E-state index contributed by atoms with van der Waals surface area (Å²) in [5.74, 6) is 0.787. The summed E-state index contributed by atoms with van der Waals surface area (Å²) in [5, 5.41) is 11.1. The van der Waals surface area contributed by atoms with Gasteiger partial charge in [-0.1, -0.05) is 30.7 Å². The van der Waals surface area contributed by atoms with Gasteiger partial charge in [0, 0.05) is 12.6 Å². The van der Waals surface area contributed by atoms with Crippen molar-refractivity contribution < 1.29 is 5.11 Å². The maximum Gasteiger partial charge on any atom is 0.0923 e. The van der Waals surface area contributed by atoms with Crippen LogP contribution in [0.1, 0.15) is 62.0 Å². The molecule has 108 valence electrons. The van der Waals surface area contributed by atoms with Crippen LogP contribution in [-0.2, 0) is 5.60 Å². The van der Waals surface area contributed by atoms with E-state index < -0.39 is 5.60 Å². The molecule has 3 aliphatic rings. The molecule has 3 fully saturated rings. The van der Waals surface area contributed by atoms with Crippen LogP contribution in [0.2, 0.25) is 0 Å². The summed E-state index contributed by atoms with van der Waals surface area (Å²) in [6.45, 7) is 2.30. The Morgan fingerprint density at radius 3 is 2.50 bits per heavy atom. The third-order valence-corrected chi connectivity index (χ3v) is 5.91. The van der Waals surface area contributed by atoms with E-state index >= 15 is 0 Å². The van der Waals surface area contributed by atoms with Gasteiger partial charge in [0.15, 0.2) is 0 Å². The highest BCUT2D eigenvalue weighted by molar-refractivity contribution is 5.31. The Kier molecular flexibility index (Phi) is 3.12. The molecular weight excluding hydrogens is 246 g/mol. The van der Waals surface area contributed by atoms with Gasteiger partial charge in [0.1, 0.15) is 0 Å². The number of hydrogen-bond donors (Lipinski definition) is 1. The van der Waals surface area contributed by atoms with Crippen LogP contribution in [0.15, 0.2) is 24.3 Å². The normalized spacial score (nSPS) is 34.8. The first-order chi connectivity index (χ1) is 9.74. The molecule has 0 spiro atoms. The van der Waals surface area contributed by atoms with Gasteiger partial charge in [0.25, 0.3) is 0 Å². The van der Waals surface area contributed by atoms with Gasteiger partial charge in [-0.05, 0) is 62.1 Å². The molecule has 0 amide bonds. The lowest BCUT2D eigenvalue weighted by Gasteiger charge is -2.41. The van der Waals surface area contributed by atoms with E-state index in [9.17, 15) is 5.11 Å². The second kappa shape index (κ2) is 4.85. The largest absolute Gasteiger partial charge is 0.385 e. The molecule has 2 nitrogen and oxygen atoms in total. The maximum absolute atomic E-state index is 11.1. The van der Waals surface area contributed by atoms with Crippen molar-refractivity contribution in [1.82, 2.24) is 4.90 Å². The topological polar surface area (TPSA) is 23.5 Å². The molecule has 1 aromatic rings. The zero-order chi connectivity index (χ0) is 13.6. The molecular formula is C18H25NO. The first kappa shape index (κ1) is 12.8. The molecule has 2 atom stereocenters. The van der Waals surface area contributed by atoms with Gasteiger partial charge in [0.2, 0.25) is 0 Å². The van der Waals surface area contributed by atoms with Gasteiger partial charge in [-0.25, -0.2) is 0 Å². The number of aliphatic hydroxyl groups is 1. The highest BCUT2D eigenvalue weighted by Gasteiger charge is 2.41. The summed E-state index contributed by atoms with van der Waals surface area (Å²) in [7, 11) is 0. The summed E-state index contributed by atoms with van der Waals surface area (Å²) < 4.78 is 0. The maximum atomic E-state index is 11.1. The quantitative estimate of drug-likeness (QED) is 0.891. The fourth-order valence-electron chi connectivity index (χ4n) is 4.31. The van der Waals surface area contributed by atoms with E-state index in [1.807, 2.05) is 0 Å². The molecule has 4 rings (SSSR count). The average Bonchev–Trinajstić information content (AvgIpc) is 2.84. The molecule has 2 unspecified atom stereocenters. The smallest absolute Gasteiger partial charge is 0.0923 e. The minimum atomic E-state index is -0.580. The van der Waals surface area contributed by atoms with Crippen molar-refractivity contribution in [2.24, 2.45) is 0 Å². The monoisotopic (exact) mass is 271 g/mol. The molecule has 0 bridgehead atoms. The van der Waals surface area contributed by atoms with Gasteiger partial charge in [-0.2, -0.15) is 0 Å². The standard InChI is InChI=1S/C18H25NO/c20-18(10-12-19-11-2-5-17(19)13-18)16-8-6-15(7-9-16)14-3-1-4-14/h6-9,14,17,20H,1-5,10-13H2. The van der Waals surface area contributed by atoms with Crippen molar-refractivity contribution >= 4 is 0 Å². The highest BCUT2D eigenvalue weighted by Crippen LogP contribution is 2.41. The summed E-state index contributed by atoms with van der Waals surface area (Å²) in [6, 6.07) is 9.52. The van der Waals surface area contributed by atoms with E-state index in [0.717, 1.165) is 30.9 Å². The molecule has 2 aliphatic heterocycles. The number of nitrogens with zero attached hydrogens (tertiary/aromatic N) is 1. The van der Waals surface area contributed by atoms with Crippen LogP contribution in [0.4, 0.5) is 0 Å². The Labute approximate surface area is 121 Å². The van der Waals surface area contributed by atoms with Crippen LogP contribution >= 0.6 is 0 Å². The second-order valence-corrected chi connectivity index (χ2v) is 7.07. The van der Waals surface area contributed by atoms with Crippen molar-refractivity contribution in [2.75, 3.05) is 13.1 Å². The van der Waals surface area contributed by atoms with Crippen molar-refractivity contribution in [3.05, 3.63) is 35.4 Å². The van der Waals surface area contributed by atoms with Gasteiger partial charge < -0.3 is 10.0 Å². The zero-order valence-electron chi connectivity index (χ0n) is 12.2. The highest BCUT2D eigenvalue weighted by atomic mass is 16.3. The average molecular weight is 271 g/mol. The Morgan fingerprint density at radius 2 is 1.80 bits per heavy atom. The molecule has 1 aromatic carbocycles. The van der Waals surface area contributed by atoms with Gasteiger partial charge >= 0.3 is 0 Å². The molecule has 2 saturated heterocycles. The number of piperidine rings is 1. The number of benzene rings is 1. The zero-order valence-corrected chi connectivity index (χ0v) is 12.2. The van der Waals surface area contributed by atoms with E-state index in [1.165, 1.54) is 44.2 Å². The molecule has 1 saturated carbocycles. The first-order valence-electron chi connectivity index (χ1n) is 8.31. The molecule has 1 N–H and O–H groups in total. The van der Waals surface area contributed by atoms with Crippen LogP contribution in [0, 0.1) is 0 Å². The summed E-state index contributed by atoms with van der Waals surface area (Å²) in [4.78, 5) is 2.57. The van der Waals surface area contributed by atoms with Gasteiger partial charge in [-0.3, -0.25) is 0 Å². The van der Waals surface area contributed by atoms with Crippen molar-refractivity contribution in [3.8, 4) is 0 Å². The molecule has 20 heavy (non-hydrogen) atoms. The van der Waals surface area contributed by atoms with E-state index in [4.69, 9.17) is 0 Å². The predicted molar refractivity (Wildman–Crippen MR) is 80.8 cm³/mol. The lowest BCUT2D eigenvalue weighted by atomic mass is 9.77. The number of hydrogen-bond acceptors (Lipinski definition) is 2. The van der Waals surface area contributed by atoms with Crippen molar-refractivity contribution in [3.63, 3.8) is 0 Å². The number of rotatable bonds is 2. The van der Waals surface area contributed by atoms with E-state index in [2.05, 4.69) is 29.2 Å². The molecule has 1 aliphatic carbocycles. The summed E-state index contributed by atoms with van der Waals surface area (Å²) in [5.41, 5.74) is 2.04. The van der Waals surface area contributed by atoms with Crippen LogP contribution in [0.5, 0.6) is 0 Å². The van der Waals surface area contributed by atoms with Crippen LogP contribution in [0.25, 0.3) is 0 Å². The van der Waals surface area contributed by atoms with E-state index in [0.29, 0.717) is 6.04 Å². The van der Waals surface area contributed by atoms with Crippen LogP contribution < -0.4 is 0 Å². The third-order valence-electron chi connectivity index (χ3n) is 5.91. The predicted octanol–water partition coefficient (Wildman–Crippen LogP) is 3.40. The fourth-order valence-corrected chi connectivity index (χ4v) is 4.31. The Morgan fingerprint density at radius 1 is 1.00 bits per heavy atom. The Hall–Kier alpha value is -0.860. The first-order valence-corrected chi connectivity index (χ1v) is 8.31. The van der Waals surface area contributed by atoms with E-state index in [1.54, 1.807) is 0 Å². The van der Waals surface area contributed by atoms with Crippen LogP contribution in [-0.4, -0.2) is 29.1 Å². The second-order valence-electron chi connectivity index (χ2n) is 7.07. The fraction of sp³-hybridized carbons (Fsp3) is 0.667. The lowest BCUT2D eigenvalue weighted by molar-refractivity contribution is -0.0409. The molecule has 0 radical (unpaired) electrons. The SMILES string of the molecule is OC1(c2ccc(C3CCC3)cc2)CCN2CCCC2C1. The summed E-state index contributed by atoms with van der Waals surface area (Å²) in [6.07, 6.45) is 8.47. The van der Waals surface area contributed by atoms with Crippen LogP contribution in [0.3, 0.4) is 0 Å². The van der Waals surface area contributed by atoms with Crippen molar-refractivity contribution in [2.45, 2.75) is 62.5 Å². The Balaban J connectivity index is 1.53. The summed E-state index contributed by atoms with van der Waals surface area (Å²) >= 11 is 0. The van der Waals surface area contributed by atoms with E-state index in [-0.39, 0.29) is 0 Å². The number of fused-ring (bicyclic) bond motifs is 1. The van der Waals surface area contributed by atoms with Gasteiger partial charge in [0.05, 0.1) is 5.60 Å². The Bertz CT molecular complexity index is 479. The minimum absolute atomic E-state index is 0.580. The minimum Gasteiger partial charge on any atom is -0.385 e. The van der Waals surface area contributed by atoms with Crippen molar-refractivity contribution in [1.29, 1.82) is 0 Å². The van der Waals surface area contributed by atoms with Gasteiger partial charge in [-0.15, -0.1) is 0 Å². The molecule has 0 aromatic heterocycles. The lowest BCUT2D eigenvalue weighted by Crippen LogP contribution is -2.45. The third kappa shape index (κ3) is 2.10.